The van der Waals surface area contributed by atoms with Crippen molar-refractivity contribution < 1.29 is 9.36 Å². The van der Waals surface area contributed by atoms with Crippen LogP contribution in [-0.2, 0) is 6.54 Å². The highest BCUT2D eigenvalue weighted by molar-refractivity contribution is 6.17. The van der Waals surface area contributed by atoms with Crippen LogP contribution < -0.4 is 9.88 Å². The Morgan fingerprint density at radius 2 is 2.43 bits per heavy atom. The van der Waals surface area contributed by atoms with Gasteiger partial charge in [-0.25, -0.2) is 4.57 Å². The molecule has 0 atom stereocenters. The maximum absolute atomic E-state index is 11.4. The maximum Gasteiger partial charge on any atom is 0.257 e. The van der Waals surface area contributed by atoms with Crippen molar-refractivity contribution >= 4 is 17.5 Å². The summed E-state index contributed by atoms with van der Waals surface area (Å²) in [7, 11) is 0. The molecule has 1 rings (SSSR count). The molecule has 14 heavy (non-hydrogen) atoms. The lowest BCUT2D eigenvalue weighted by Crippen LogP contribution is -2.36. The topological polar surface area (TPSA) is 33.0 Å². The molecule has 4 heteroatoms. The second-order valence-corrected chi connectivity index (χ2v) is 3.26. The van der Waals surface area contributed by atoms with Crippen LogP contribution in [-0.4, -0.2) is 18.3 Å². The standard InChI is InChI=1S/C10H13ClN2O/c1-2-12-10(14)9-4-3-6-13(8-9)7-5-11/h3-4,6,8H,2,5,7H2,1H3/p+1. The monoisotopic (exact) mass is 213 g/mol. The summed E-state index contributed by atoms with van der Waals surface area (Å²) in [5, 5.41) is 2.75. The van der Waals surface area contributed by atoms with Gasteiger partial charge in [0.1, 0.15) is 5.56 Å². The second kappa shape index (κ2) is 5.60. The van der Waals surface area contributed by atoms with Gasteiger partial charge in [0.2, 0.25) is 0 Å². The Balaban J connectivity index is 2.77. The zero-order chi connectivity index (χ0) is 10.4. The van der Waals surface area contributed by atoms with Gasteiger partial charge in [-0.3, -0.25) is 4.79 Å². The molecular weight excluding hydrogens is 200 g/mol. The molecule has 0 radical (unpaired) electrons. The smallest absolute Gasteiger partial charge is 0.257 e. The van der Waals surface area contributed by atoms with E-state index < -0.39 is 0 Å². The summed E-state index contributed by atoms with van der Waals surface area (Å²) in [5.41, 5.74) is 0.666. The average Bonchev–Trinajstić information content (AvgIpc) is 2.19. The maximum atomic E-state index is 11.4. The first kappa shape index (κ1) is 11.0. The lowest BCUT2D eigenvalue weighted by molar-refractivity contribution is -0.692. The summed E-state index contributed by atoms with van der Waals surface area (Å²) in [6, 6.07) is 3.63. The van der Waals surface area contributed by atoms with Crippen LogP contribution in [0.5, 0.6) is 0 Å². The van der Waals surface area contributed by atoms with Gasteiger partial charge in [0.15, 0.2) is 18.9 Å². The lowest BCUT2D eigenvalue weighted by Gasteiger charge is -2.00. The molecule has 0 saturated carbocycles. The number of pyridine rings is 1. The predicted molar refractivity (Wildman–Crippen MR) is 55.4 cm³/mol. The van der Waals surface area contributed by atoms with Crippen LogP contribution >= 0.6 is 11.6 Å². The summed E-state index contributed by atoms with van der Waals surface area (Å²) in [6.45, 7) is 3.26. The van der Waals surface area contributed by atoms with Crippen molar-refractivity contribution in [2.75, 3.05) is 12.4 Å². The van der Waals surface area contributed by atoms with Crippen molar-refractivity contribution in [2.45, 2.75) is 13.5 Å². The molecule has 0 fully saturated rings. The Morgan fingerprint density at radius 3 is 3.07 bits per heavy atom. The third-order valence-electron chi connectivity index (χ3n) is 1.80. The zero-order valence-electron chi connectivity index (χ0n) is 8.16. The number of halogens is 1. The van der Waals surface area contributed by atoms with E-state index in [1.54, 1.807) is 12.3 Å². The normalized spacial score (nSPS) is 9.86. The minimum atomic E-state index is -0.0450. The quantitative estimate of drug-likeness (QED) is 0.587. The number of carbonyl (C=O) groups excluding carboxylic acids is 1. The molecule has 0 aliphatic rings. The van der Waals surface area contributed by atoms with E-state index in [1.807, 2.05) is 23.8 Å². The number of nitrogens with one attached hydrogen (secondary N) is 1. The second-order valence-electron chi connectivity index (χ2n) is 2.88. The van der Waals surface area contributed by atoms with Crippen LogP contribution in [0, 0.1) is 0 Å². The van der Waals surface area contributed by atoms with E-state index in [0.717, 1.165) is 6.54 Å². The molecule has 1 aromatic rings. The number of aromatic nitrogens is 1. The van der Waals surface area contributed by atoms with Gasteiger partial charge in [0, 0.05) is 12.6 Å². The molecule has 0 spiro atoms. The Bertz CT molecular complexity index is 315. The number of amides is 1. The van der Waals surface area contributed by atoms with Crippen LogP contribution in [0.1, 0.15) is 17.3 Å². The van der Waals surface area contributed by atoms with Gasteiger partial charge in [-0.1, -0.05) is 0 Å². The van der Waals surface area contributed by atoms with E-state index in [4.69, 9.17) is 11.6 Å². The van der Waals surface area contributed by atoms with Crippen LogP contribution in [0.25, 0.3) is 0 Å². The lowest BCUT2D eigenvalue weighted by atomic mass is 10.2. The Labute approximate surface area is 88.7 Å². The molecular formula is C10H14ClN2O+. The number of nitrogens with zero attached hydrogens (tertiary/aromatic N) is 1. The first-order chi connectivity index (χ1) is 6.77. The van der Waals surface area contributed by atoms with Crippen molar-refractivity contribution in [3.63, 3.8) is 0 Å². The third-order valence-corrected chi connectivity index (χ3v) is 1.97. The van der Waals surface area contributed by atoms with Crippen molar-refractivity contribution in [2.24, 2.45) is 0 Å². The molecule has 0 bridgehead atoms. The fourth-order valence-corrected chi connectivity index (χ4v) is 1.35. The van der Waals surface area contributed by atoms with E-state index >= 15 is 0 Å². The van der Waals surface area contributed by atoms with Gasteiger partial charge in [-0.15, -0.1) is 11.6 Å². The van der Waals surface area contributed by atoms with Gasteiger partial charge in [0.25, 0.3) is 5.91 Å². The largest absolute Gasteiger partial charge is 0.352 e. The van der Waals surface area contributed by atoms with Gasteiger partial charge in [0.05, 0.1) is 5.88 Å². The fourth-order valence-electron chi connectivity index (χ4n) is 1.16. The van der Waals surface area contributed by atoms with Crippen LogP contribution in [0.2, 0.25) is 0 Å². The van der Waals surface area contributed by atoms with E-state index in [2.05, 4.69) is 5.32 Å². The molecule has 1 aromatic heterocycles. The number of hydrogen-bond donors (Lipinski definition) is 1. The molecule has 1 amide bonds. The molecule has 76 valence electrons. The number of aryl methyl sites for hydroxylation is 1. The number of rotatable bonds is 4. The summed E-state index contributed by atoms with van der Waals surface area (Å²) >= 11 is 5.61. The Kier molecular flexibility index (Phi) is 4.40. The number of alkyl halides is 1. The van der Waals surface area contributed by atoms with Gasteiger partial charge in [-0.05, 0) is 13.0 Å². The zero-order valence-corrected chi connectivity index (χ0v) is 8.92. The van der Waals surface area contributed by atoms with Crippen molar-refractivity contribution in [3.8, 4) is 0 Å². The predicted octanol–water partition coefficient (Wildman–Crippen LogP) is 0.963. The molecule has 0 aromatic carbocycles. The molecule has 0 saturated heterocycles. The highest BCUT2D eigenvalue weighted by Crippen LogP contribution is 1.94. The fraction of sp³-hybridized carbons (Fsp3) is 0.400. The molecule has 1 N–H and O–H groups in total. The summed E-state index contributed by atoms with van der Waals surface area (Å²) in [4.78, 5) is 11.4. The van der Waals surface area contributed by atoms with Crippen LogP contribution in [0.4, 0.5) is 0 Å². The van der Waals surface area contributed by atoms with E-state index in [0.29, 0.717) is 18.0 Å². The molecule has 0 unspecified atom stereocenters. The Hall–Kier alpha value is -1.09. The number of carbonyl (C=O) groups is 1. The van der Waals surface area contributed by atoms with Crippen LogP contribution in [0.3, 0.4) is 0 Å². The average molecular weight is 214 g/mol. The minimum absolute atomic E-state index is 0.0450. The van der Waals surface area contributed by atoms with Gasteiger partial charge >= 0.3 is 0 Å². The van der Waals surface area contributed by atoms with Crippen molar-refractivity contribution in [1.82, 2.24) is 5.32 Å². The summed E-state index contributed by atoms with van der Waals surface area (Å²) in [5.74, 6) is 0.500. The first-order valence-electron chi connectivity index (χ1n) is 4.61. The highest BCUT2D eigenvalue weighted by atomic mass is 35.5. The van der Waals surface area contributed by atoms with Crippen LogP contribution in [0.15, 0.2) is 24.5 Å². The van der Waals surface area contributed by atoms with E-state index in [9.17, 15) is 4.79 Å². The van der Waals surface area contributed by atoms with Crippen molar-refractivity contribution in [3.05, 3.63) is 30.1 Å². The molecule has 0 aliphatic heterocycles. The van der Waals surface area contributed by atoms with Crippen molar-refractivity contribution in [1.29, 1.82) is 0 Å². The summed E-state index contributed by atoms with van der Waals surface area (Å²) < 4.78 is 1.90. The molecule has 1 heterocycles. The summed E-state index contributed by atoms with van der Waals surface area (Å²) in [6.07, 6.45) is 3.69. The molecule has 3 nitrogen and oxygen atoms in total. The van der Waals surface area contributed by atoms with Gasteiger partial charge in [-0.2, -0.15) is 0 Å². The highest BCUT2D eigenvalue weighted by Gasteiger charge is 2.08. The Morgan fingerprint density at radius 1 is 1.64 bits per heavy atom. The third kappa shape index (κ3) is 3.00. The molecule has 0 aliphatic carbocycles. The minimum Gasteiger partial charge on any atom is -0.352 e. The SMILES string of the molecule is CCNC(=O)c1ccc[n+](CCCl)c1. The number of hydrogen-bond acceptors (Lipinski definition) is 1. The van der Waals surface area contributed by atoms with E-state index in [-0.39, 0.29) is 5.91 Å². The first-order valence-corrected chi connectivity index (χ1v) is 5.14. The van der Waals surface area contributed by atoms with E-state index in [1.165, 1.54) is 0 Å². The van der Waals surface area contributed by atoms with Gasteiger partial charge < -0.3 is 5.32 Å².